The molecule has 142 valence electrons. The lowest BCUT2D eigenvalue weighted by Crippen LogP contribution is -2.59. The average molecular weight is 357 g/mol. The summed E-state index contributed by atoms with van der Waals surface area (Å²) < 4.78 is 0. The topological polar surface area (TPSA) is 29.1 Å². The van der Waals surface area contributed by atoms with E-state index in [1.54, 1.807) is 0 Å². The van der Waals surface area contributed by atoms with E-state index in [1.165, 1.54) is 17.1 Å². The number of likely N-dealkylation sites (N-methyl/N-ethyl adjacent to an activating group) is 2. The lowest BCUT2D eigenvalue weighted by atomic mass is 10.0. The molecule has 2 fully saturated rings. The summed E-state index contributed by atoms with van der Waals surface area (Å²) in [7, 11) is 4.33. The standard InChI is InChI=1S/C20H32N6/c1-15(2)25-10-11-26-19(14-25)16(3)23(5)18-12-17(13-21-20(18)26)24-8-6-22(4)7-9-24/h12-13,15,19H,3,6-11,14H2,1-2,4-5H3. The number of anilines is 3. The van der Waals surface area contributed by atoms with Crippen molar-refractivity contribution >= 4 is 17.2 Å². The van der Waals surface area contributed by atoms with Gasteiger partial charge in [0.05, 0.1) is 23.6 Å². The second kappa shape index (κ2) is 6.74. The average Bonchev–Trinajstić information content (AvgIpc) is 2.66. The molecule has 26 heavy (non-hydrogen) atoms. The highest BCUT2D eigenvalue weighted by Crippen LogP contribution is 2.40. The Morgan fingerprint density at radius 3 is 2.50 bits per heavy atom. The summed E-state index contributed by atoms with van der Waals surface area (Å²) in [6.45, 7) is 16.5. The Labute approximate surface area is 157 Å². The second-order valence-corrected chi connectivity index (χ2v) is 8.17. The molecule has 2 saturated heterocycles. The molecule has 1 unspecified atom stereocenters. The van der Waals surface area contributed by atoms with Crippen LogP contribution in [0.15, 0.2) is 24.5 Å². The monoisotopic (exact) mass is 356 g/mol. The zero-order valence-electron chi connectivity index (χ0n) is 16.6. The summed E-state index contributed by atoms with van der Waals surface area (Å²) in [5.41, 5.74) is 3.61. The van der Waals surface area contributed by atoms with Gasteiger partial charge in [-0.2, -0.15) is 0 Å². The Balaban J connectivity index is 1.62. The van der Waals surface area contributed by atoms with Crippen LogP contribution in [0.5, 0.6) is 0 Å². The third-order valence-corrected chi connectivity index (χ3v) is 6.29. The number of piperazine rings is 2. The highest BCUT2D eigenvalue weighted by atomic mass is 15.4. The minimum atomic E-state index is 0.325. The zero-order valence-corrected chi connectivity index (χ0v) is 16.6. The fourth-order valence-electron chi connectivity index (χ4n) is 4.33. The molecule has 3 aliphatic heterocycles. The van der Waals surface area contributed by atoms with E-state index < -0.39 is 0 Å². The van der Waals surface area contributed by atoms with E-state index in [0.717, 1.165) is 51.6 Å². The quantitative estimate of drug-likeness (QED) is 0.801. The number of fused-ring (bicyclic) bond motifs is 3. The van der Waals surface area contributed by atoms with Crippen molar-refractivity contribution < 1.29 is 0 Å². The van der Waals surface area contributed by atoms with Crippen molar-refractivity contribution in [3.8, 4) is 0 Å². The first-order valence-electron chi connectivity index (χ1n) is 9.82. The molecule has 1 aromatic heterocycles. The van der Waals surface area contributed by atoms with Crippen LogP contribution < -0.4 is 14.7 Å². The predicted octanol–water partition coefficient (Wildman–Crippen LogP) is 1.70. The van der Waals surface area contributed by atoms with E-state index in [4.69, 9.17) is 4.98 Å². The third kappa shape index (κ3) is 2.95. The van der Waals surface area contributed by atoms with Gasteiger partial charge in [0, 0.05) is 64.6 Å². The van der Waals surface area contributed by atoms with Gasteiger partial charge in [-0.05, 0) is 27.0 Å². The normalized spacial score (nSPS) is 24.9. The maximum atomic E-state index is 4.92. The number of hydrogen-bond donors (Lipinski definition) is 0. The molecule has 4 rings (SSSR count). The molecule has 1 atom stereocenters. The minimum Gasteiger partial charge on any atom is -0.368 e. The maximum Gasteiger partial charge on any atom is 0.153 e. The smallest absolute Gasteiger partial charge is 0.153 e. The Bertz CT molecular complexity index is 679. The Morgan fingerprint density at radius 2 is 1.81 bits per heavy atom. The highest BCUT2D eigenvalue weighted by Gasteiger charge is 2.38. The maximum absolute atomic E-state index is 4.92. The minimum absolute atomic E-state index is 0.325. The van der Waals surface area contributed by atoms with Crippen LogP contribution in [0, 0.1) is 0 Å². The van der Waals surface area contributed by atoms with Crippen LogP contribution in [-0.4, -0.2) is 86.8 Å². The van der Waals surface area contributed by atoms with E-state index >= 15 is 0 Å². The Hall–Kier alpha value is -1.79. The molecule has 0 spiro atoms. The fourth-order valence-corrected chi connectivity index (χ4v) is 4.33. The summed E-state index contributed by atoms with van der Waals surface area (Å²) in [4.78, 5) is 17.0. The number of rotatable bonds is 2. The van der Waals surface area contributed by atoms with Crippen LogP contribution in [0.2, 0.25) is 0 Å². The molecule has 3 aliphatic rings. The fraction of sp³-hybridized carbons (Fsp3) is 0.650. The summed E-state index contributed by atoms with van der Waals surface area (Å²) in [5, 5.41) is 0. The van der Waals surface area contributed by atoms with E-state index in [2.05, 4.69) is 71.3 Å². The highest BCUT2D eigenvalue weighted by molar-refractivity contribution is 5.78. The molecule has 6 nitrogen and oxygen atoms in total. The van der Waals surface area contributed by atoms with Crippen molar-refractivity contribution in [1.82, 2.24) is 14.8 Å². The van der Waals surface area contributed by atoms with Crippen LogP contribution >= 0.6 is 0 Å². The zero-order chi connectivity index (χ0) is 18.4. The Morgan fingerprint density at radius 1 is 1.08 bits per heavy atom. The first-order valence-corrected chi connectivity index (χ1v) is 9.82. The van der Waals surface area contributed by atoms with Gasteiger partial charge in [0.15, 0.2) is 5.82 Å². The van der Waals surface area contributed by atoms with Gasteiger partial charge in [0.2, 0.25) is 0 Å². The summed E-state index contributed by atoms with van der Waals surface area (Å²) in [6, 6.07) is 3.21. The van der Waals surface area contributed by atoms with Crippen LogP contribution in [0.3, 0.4) is 0 Å². The molecule has 0 amide bonds. The second-order valence-electron chi connectivity index (χ2n) is 8.17. The van der Waals surface area contributed by atoms with Crippen LogP contribution in [-0.2, 0) is 0 Å². The van der Waals surface area contributed by atoms with Crippen molar-refractivity contribution in [1.29, 1.82) is 0 Å². The van der Waals surface area contributed by atoms with Gasteiger partial charge in [0.1, 0.15) is 0 Å². The molecular weight excluding hydrogens is 324 g/mol. The van der Waals surface area contributed by atoms with E-state index in [9.17, 15) is 0 Å². The van der Waals surface area contributed by atoms with Crippen molar-refractivity contribution in [3.05, 3.63) is 24.5 Å². The van der Waals surface area contributed by atoms with Crippen molar-refractivity contribution in [2.24, 2.45) is 0 Å². The van der Waals surface area contributed by atoms with Gasteiger partial charge in [-0.15, -0.1) is 0 Å². The summed E-state index contributed by atoms with van der Waals surface area (Å²) in [6.07, 6.45) is 2.07. The van der Waals surface area contributed by atoms with Crippen molar-refractivity contribution in [2.45, 2.75) is 25.9 Å². The van der Waals surface area contributed by atoms with Gasteiger partial charge in [-0.1, -0.05) is 6.58 Å². The molecule has 1 aromatic rings. The van der Waals surface area contributed by atoms with E-state index in [-0.39, 0.29) is 0 Å². The van der Waals surface area contributed by atoms with E-state index in [1.807, 2.05) is 0 Å². The summed E-state index contributed by atoms with van der Waals surface area (Å²) in [5.74, 6) is 1.12. The van der Waals surface area contributed by atoms with Gasteiger partial charge < -0.3 is 19.6 Å². The Kier molecular flexibility index (Phi) is 4.57. The third-order valence-electron chi connectivity index (χ3n) is 6.29. The molecule has 0 saturated carbocycles. The molecule has 0 bridgehead atoms. The first kappa shape index (κ1) is 17.6. The molecule has 0 N–H and O–H groups in total. The van der Waals surface area contributed by atoms with Crippen molar-refractivity contribution in [3.63, 3.8) is 0 Å². The number of aromatic nitrogens is 1. The lowest BCUT2D eigenvalue weighted by molar-refractivity contribution is 0.187. The largest absolute Gasteiger partial charge is 0.368 e. The number of nitrogens with zero attached hydrogens (tertiary/aromatic N) is 6. The van der Waals surface area contributed by atoms with Crippen molar-refractivity contribution in [2.75, 3.05) is 74.6 Å². The first-order chi connectivity index (χ1) is 12.5. The van der Waals surface area contributed by atoms with Gasteiger partial charge >= 0.3 is 0 Å². The lowest BCUT2D eigenvalue weighted by Gasteiger charge is -2.50. The SMILES string of the molecule is C=C1C2CN(C(C)C)CCN2c2ncc(N3CCN(C)CC3)cc2N1C. The van der Waals surface area contributed by atoms with Crippen LogP contribution in [0.25, 0.3) is 0 Å². The van der Waals surface area contributed by atoms with E-state index in [0.29, 0.717) is 12.1 Å². The van der Waals surface area contributed by atoms with Gasteiger partial charge in [-0.3, -0.25) is 4.90 Å². The van der Waals surface area contributed by atoms with Gasteiger partial charge in [-0.25, -0.2) is 4.98 Å². The summed E-state index contributed by atoms with van der Waals surface area (Å²) >= 11 is 0. The van der Waals surface area contributed by atoms with Crippen LogP contribution in [0.1, 0.15) is 13.8 Å². The molecular formula is C20H32N6. The molecule has 4 heterocycles. The number of hydrogen-bond acceptors (Lipinski definition) is 6. The van der Waals surface area contributed by atoms with Crippen LogP contribution in [0.4, 0.5) is 17.2 Å². The number of pyridine rings is 1. The predicted molar refractivity (Wildman–Crippen MR) is 109 cm³/mol. The molecule has 0 aliphatic carbocycles. The van der Waals surface area contributed by atoms with Gasteiger partial charge in [0.25, 0.3) is 0 Å². The molecule has 0 radical (unpaired) electrons. The molecule has 6 heteroatoms. The molecule has 0 aromatic carbocycles.